The second kappa shape index (κ2) is 12.2. The molecule has 1 unspecified atom stereocenters. The molecule has 1 heterocycles. The van der Waals surface area contributed by atoms with E-state index in [-0.39, 0.29) is 17.6 Å². The molecule has 1 aromatic heterocycles. The third-order valence-electron chi connectivity index (χ3n) is 5.48. The molecule has 3 aromatic rings. The van der Waals surface area contributed by atoms with Gasteiger partial charge in [-0.2, -0.15) is 0 Å². The van der Waals surface area contributed by atoms with Crippen LogP contribution in [0.15, 0.2) is 60.3 Å². The van der Waals surface area contributed by atoms with Gasteiger partial charge in [0.15, 0.2) is 11.0 Å². The van der Waals surface area contributed by atoms with Crippen LogP contribution in [0.2, 0.25) is 0 Å². The molecular weight excluding hydrogens is 462 g/mol. The van der Waals surface area contributed by atoms with Gasteiger partial charge in [-0.3, -0.25) is 9.59 Å². The van der Waals surface area contributed by atoms with Crippen LogP contribution in [0.3, 0.4) is 0 Å². The summed E-state index contributed by atoms with van der Waals surface area (Å²) in [5.41, 5.74) is 3.51. The third kappa shape index (κ3) is 6.51. The average molecular weight is 494 g/mol. The normalized spacial score (nSPS) is 11.5. The number of carbonyl (C=O) groups excluding carboxylic acids is 2. The third-order valence-corrected chi connectivity index (χ3v) is 6.45. The first-order valence-corrected chi connectivity index (χ1v) is 12.4. The second-order valence-electron chi connectivity index (χ2n) is 7.96. The Kier molecular flexibility index (Phi) is 9.08. The minimum atomic E-state index is -0.403. The van der Waals surface area contributed by atoms with Gasteiger partial charge in [-0.05, 0) is 55.7 Å². The summed E-state index contributed by atoms with van der Waals surface area (Å²) in [6, 6.07) is 12.5. The lowest BCUT2D eigenvalue weighted by Gasteiger charge is -2.16. The monoisotopic (exact) mass is 493 g/mol. The second-order valence-corrected chi connectivity index (χ2v) is 8.91. The van der Waals surface area contributed by atoms with Crippen LogP contribution >= 0.6 is 11.8 Å². The summed E-state index contributed by atoms with van der Waals surface area (Å²) in [6.45, 7) is 10.2. The van der Waals surface area contributed by atoms with Crippen LogP contribution in [0.1, 0.15) is 47.2 Å². The lowest BCUT2D eigenvalue weighted by atomic mass is 10.1. The fraction of sp³-hybridized carbons (Fsp3) is 0.308. The minimum Gasteiger partial charge on any atom is -0.497 e. The summed E-state index contributed by atoms with van der Waals surface area (Å²) in [4.78, 5) is 25.4. The van der Waals surface area contributed by atoms with Crippen molar-refractivity contribution in [1.82, 2.24) is 20.1 Å². The number of nitrogens with one attached hydrogen (secondary N) is 2. The Labute approximate surface area is 210 Å². The number of benzene rings is 2. The largest absolute Gasteiger partial charge is 0.497 e. The predicted octanol–water partition coefficient (Wildman–Crippen LogP) is 4.57. The Balaban J connectivity index is 1.68. The summed E-state index contributed by atoms with van der Waals surface area (Å²) < 4.78 is 7.00. The highest BCUT2D eigenvalue weighted by molar-refractivity contribution is 7.99. The number of hydrogen-bond donors (Lipinski definition) is 2. The molecule has 9 heteroatoms. The van der Waals surface area contributed by atoms with Crippen molar-refractivity contribution in [3.63, 3.8) is 0 Å². The highest BCUT2D eigenvalue weighted by atomic mass is 32.2. The number of amides is 2. The minimum absolute atomic E-state index is 0.116. The van der Waals surface area contributed by atoms with Crippen LogP contribution in [0.4, 0.5) is 5.69 Å². The molecule has 0 fully saturated rings. The molecule has 184 valence electrons. The van der Waals surface area contributed by atoms with E-state index >= 15 is 0 Å². The summed E-state index contributed by atoms with van der Waals surface area (Å²) in [5, 5.41) is 15.1. The van der Waals surface area contributed by atoms with Gasteiger partial charge in [0.2, 0.25) is 5.91 Å². The fourth-order valence-corrected chi connectivity index (χ4v) is 4.38. The van der Waals surface area contributed by atoms with Crippen molar-refractivity contribution in [2.24, 2.45) is 0 Å². The first-order chi connectivity index (χ1) is 16.9. The molecule has 8 nitrogen and oxygen atoms in total. The number of aryl methyl sites for hydroxylation is 2. The van der Waals surface area contributed by atoms with Crippen molar-refractivity contribution in [1.29, 1.82) is 0 Å². The Morgan fingerprint density at radius 1 is 1.20 bits per heavy atom. The molecule has 0 saturated carbocycles. The smallest absolute Gasteiger partial charge is 0.251 e. The number of nitrogens with zero attached hydrogens (tertiary/aromatic N) is 3. The Bertz CT molecular complexity index is 1190. The summed E-state index contributed by atoms with van der Waals surface area (Å²) in [5.74, 6) is 1.10. The van der Waals surface area contributed by atoms with Crippen LogP contribution in [0.5, 0.6) is 5.75 Å². The number of rotatable bonds is 11. The van der Waals surface area contributed by atoms with Crippen molar-refractivity contribution in [2.75, 3.05) is 18.2 Å². The van der Waals surface area contributed by atoms with Crippen molar-refractivity contribution >= 4 is 29.3 Å². The zero-order valence-electron chi connectivity index (χ0n) is 20.5. The van der Waals surface area contributed by atoms with E-state index in [9.17, 15) is 9.59 Å². The molecule has 2 aromatic carbocycles. The number of aromatic nitrogens is 3. The maximum atomic E-state index is 12.7. The molecule has 35 heavy (non-hydrogen) atoms. The van der Waals surface area contributed by atoms with E-state index < -0.39 is 6.04 Å². The van der Waals surface area contributed by atoms with E-state index in [1.807, 2.05) is 36.6 Å². The Morgan fingerprint density at radius 2 is 1.94 bits per heavy atom. The number of thioether (sulfide) groups is 1. The molecule has 0 aliphatic rings. The molecular formula is C26H31N5O3S. The van der Waals surface area contributed by atoms with Gasteiger partial charge in [-0.1, -0.05) is 43.0 Å². The average Bonchev–Trinajstić information content (AvgIpc) is 3.26. The highest BCUT2D eigenvalue weighted by Crippen LogP contribution is 2.24. The van der Waals surface area contributed by atoms with Gasteiger partial charge in [0.1, 0.15) is 5.75 Å². The summed E-state index contributed by atoms with van der Waals surface area (Å²) in [7, 11) is 1.58. The first-order valence-electron chi connectivity index (χ1n) is 11.4. The summed E-state index contributed by atoms with van der Waals surface area (Å²) in [6.07, 6.45) is 2.57. The quantitative estimate of drug-likeness (QED) is 0.300. The van der Waals surface area contributed by atoms with E-state index in [4.69, 9.17) is 4.74 Å². The lowest BCUT2D eigenvalue weighted by Crippen LogP contribution is -2.28. The van der Waals surface area contributed by atoms with Gasteiger partial charge in [-0.15, -0.1) is 16.8 Å². The van der Waals surface area contributed by atoms with Gasteiger partial charge in [0.25, 0.3) is 5.91 Å². The topological polar surface area (TPSA) is 98.1 Å². The van der Waals surface area contributed by atoms with Gasteiger partial charge < -0.3 is 19.9 Å². The maximum absolute atomic E-state index is 12.7. The standard InChI is InChI=1S/C26H31N5O3S/c1-6-15-31-24(18(4)27-25(33)20-11-13-21(34-5)14-12-20)29-30-26(31)35-16-22(32)28-23-17(3)9-8-10-19(23)7-2/h6,8-14,18H,1,7,15-16H2,2-5H3,(H,27,33)(H,28,32). The molecule has 3 rings (SSSR count). The Morgan fingerprint density at radius 3 is 2.60 bits per heavy atom. The maximum Gasteiger partial charge on any atom is 0.251 e. The highest BCUT2D eigenvalue weighted by Gasteiger charge is 2.21. The molecule has 2 amide bonds. The van der Waals surface area contributed by atoms with Crippen LogP contribution in [0, 0.1) is 6.92 Å². The molecule has 0 aliphatic heterocycles. The van der Waals surface area contributed by atoms with Gasteiger partial charge >= 0.3 is 0 Å². The van der Waals surface area contributed by atoms with Crippen molar-refractivity contribution in [3.8, 4) is 5.75 Å². The van der Waals surface area contributed by atoms with E-state index in [1.165, 1.54) is 11.8 Å². The van der Waals surface area contributed by atoms with Gasteiger partial charge in [0, 0.05) is 17.8 Å². The van der Waals surface area contributed by atoms with Crippen LogP contribution in [0.25, 0.3) is 0 Å². The van der Waals surface area contributed by atoms with Crippen molar-refractivity contribution in [2.45, 2.75) is 44.9 Å². The number of anilines is 1. The SMILES string of the molecule is C=CCn1c(SCC(=O)Nc2c(C)cccc2CC)nnc1C(C)NC(=O)c1ccc(OC)cc1. The number of para-hydroxylation sites is 1. The van der Waals surface area contributed by atoms with Crippen molar-refractivity contribution in [3.05, 3.63) is 77.6 Å². The summed E-state index contributed by atoms with van der Waals surface area (Å²) >= 11 is 1.29. The van der Waals surface area contributed by atoms with E-state index in [1.54, 1.807) is 37.5 Å². The Hall–Kier alpha value is -3.59. The van der Waals surface area contributed by atoms with Crippen LogP contribution in [-0.4, -0.2) is 39.4 Å². The van der Waals surface area contributed by atoms with E-state index in [2.05, 4.69) is 34.3 Å². The molecule has 0 saturated heterocycles. The first kappa shape index (κ1) is 26.0. The van der Waals surface area contributed by atoms with Crippen LogP contribution in [-0.2, 0) is 17.8 Å². The number of methoxy groups -OCH3 is 1. The predicted molar refractivity (Wildman–Crippen MR) is 139 cm³/mol. The van der Waals surface area contributed by atoms with E-state index in [0.717, 1.165) is 23.2 Å². The number of carbonyl (C=O) groups is 2. The molecule has 0 spiro atoms. The molecule has 0 bridgehead atoms. The molecule has 1 atom stereocenters. The van der Waals surface area contributed by atoms with Gasteiger partial charge in [0.05, 0.1) is 18.9 Å². The zero-order valence-corrected chi connectivity index (χ0v) is 21.3. The molecule has 0 radical (unpaired) electrons. The number of allylic oxidation sites excluding steroid dienone is 1. The molecule has 0 aliphatic carbocycles. The fourth-order valence-electron chi connectivity index (χ4n) is 3.62. The number of hydrogen-bond acceptors (Lipinski definition) is 6. The van der Waals surface area contributed by atoms with Gasteiger partial charge in [-0.25, -0.2) is 0 Å². The van der Waals surface area contributed by atoms with Crippen LogP contribution < -0.4 is 15.4 Å². The number of ether oxygens (including phenoxy) is 1. The van der Waals surface area contributed by atoms with Crippen molar-refractivity contribution < 1.29 is 14.3 Å². The lowest BCUT2D eigenvalue weighted by molar-refractivity contribution is -0.113. The zero-order chi connectivity index (χ0) is 25.4. The van der Waals surface area contributed by atoms with E-state index in [0.29, 0.717) is 28.8 Å². The molecule has 2 N–H and O–H groups in total.